The van der Waals surface area contributed by atoms with E-state index < -0.39 is 10.2 Å². The van der Waals surface area contributed by atoms with Crippen molar-refractivity contribution in [2.75, 3.05) is 20.6 Å². The lowest BCUT2D eigenvalue weighted by Crippen LogP contribution is -2.42. The minimum atomic E-state index is -3.43. The van der Waals surface area contributed by atoms with Crippen molar-refractivity contribution in [2.24, 2.45) is 7.05 Å². The van der Waals surface area contributed by atoms with Gasteiger partial charge in [-0.15, -0.1) is 0 Å². The highest BCUT2D eigenvalue weighted by Crippen LogP contribution is 2.26. The molecular formula is C17H20N6O2S. The van der Waals surface area contributed by atoms with E-state index in [1.165, 1.54) is 8.61 Å². The maximum atomic E-state index is 12.4. The first kappa shape index (κ1) is 17.1. The molecule has 3 aromatic heterocycles. The highest BCUT2D eigenvalue weighted by molar-refractivity contribution is 7.86. The Morgan fingerprint density at radius 3 is 2.65 bits per heavy atom. The molecule has 8 nitrogen and oxygen atoms in total. The topological polar surface area (TPSA) is 84.2 Å². The van der Waals surface area contributed by atoms with Crippen LogP contribution in [0.4, 0.5) is 0 Å². The molecule has 1 aliphatic rings. The van der Waals surface area contributed by atoms with E-state index in [1.807, 2.05) is 25.4 Å². The maximum absolute atomic E-state index is 12.4. The summed E-state index contributed by atoms with van der Waals surface area (Å²) in [4.78, 5) is 9.13. The first-order chi connectivity index (χ1) is 12.3. The van der Waals surface area contributed by atoms with Crippen LogP contribution in [0.2, 0.25) is 0 Å². The molecule has 0 saturated carbocycles. The highest BCUT2D eigenvalue weighted by Gasteiger charge is 2.29. The summed E-state index contributed by atoms with van der Waals surface area (Å²) in [6, 6.07) is 4.02. The van der Waals surface area contributed by atoms with Crippen LogP contribution < -0.4 is 0 Å². The van der Waals surface area contributed by atoms with Crippen LogP contribution in [0.25, 0.3) is 22.2 Å². The summed E-state index contributed by atoms with van der Waals surface area (Å²) in [6.07, 6.45) is 6.11. The minimum Gasteiger partial charge on any atom is -0.275 e. The third-order valence-electron chi connectivity index (χ3n) is 4.61. The quantitative estimate of drug-likeness (QED) is 0.690. The van der Waals surface area contributed by atoms with Crippen LogP contribution in [0.3, 0.4) is 0 Å². The van der Waals surface area contributed by atoms with Gasteiger partial charge in [0.25, 0.3) is 10.2 Å². The lowest BCUT2D eigenvalue weighted by atomic mass is 10.0. The number of hydrogen-bond acceptors (Lipinski definition) is 5. The smallest absolute Gasteiger partial charge is 0.275 e. The number of fused-ring (bicyclic) bond motifs is 2. The Kier molecular flexibility index (Phi) is 4.02. The molecule has 0 N–H and O–H groups in total. The molecule has 0 radical (unpaired) electrons. The van der Waals surface area contributed by atoms with Gasteiger partial charge in [0.1, 0.15) is 0 Å². The largest absolute Gasteiger partial charge is 0.281 e. The SMILES string of the molecule is CN(C)S(=O)(=O)N1CCc2nc3ncc(-c4cnn(C)c4)cc3cc2C1. The zero-order chi connectivity index (χ0) is 18.5. The van der Waals surface area contributed by atoms with Crippen LogP contribution in [0.1, 0.15) is 11.3 Å². The summed E-state index contributed by atoms with van der Waals surface area (Å²) < 4.78 is 29.3. The Morgan fingerprint density at radius 1 is 1.15 bits per heavy atom. The van der Waals surface area contributed by atoms with Crippen molar-refractivity contribution in [3.05, 3.63) is 42.0 Å². The third-order valence-corrected chi connectivity index (χ3v) is 6.49. The van der Waals surface area contributed by atoms with Gasteiger partial charge >= 0.3 is 0 Å². The zero-order valence-corrected chi connectivity index (χ0v) is 15.7. The molecule has 0 spiro atoms. The van der Waals surface area contributed by atoms with Crippen LogP contribution in [-0.2, 0) is 30.2 Å². The number of pyridine rings is 2. The molecule has 0 bridgehead atoms. The molecule has 0 aromatic carbocycles. The maximum Gasteiger partial charge on any atom is 0.281 e. The normalized spacial score (nSPS) is 15.5. The van der Waals surface area contributed by atoms with E-state index in [0.29, 0.717) is 25.2 Å². The number of aromatic nitrogens is 4. The lowest BCUT2D eigenvalue weighted by molar-refractivity contribution is 0.356. The molecule has 1 aliphatic heterocycles. The fourth-order valence-corrected chi connectivity index (χ4v) is 4.24. The van der Waals surface area contributed by atoms with Gasteiger partial charge in [0.05, 0.1) is 6.20 Å². The second-order valence-corrected chi connectivity index (χ2v) is 8.78. The molecule has 0 fully saturated rings. The monoisotopic (exact) mass is 372 g/mol. The van der Waals surface area contributed by atoms with Gasteiger partial charge in [0.2, 0.25) is 0 Å². The summed E-state index contributed by atoms with van der Waals surface area (Å²) in [7, 11) is 1.54. The van der Waals surface area contributed by atoms with Gasteiger partial charge in [-0.1, -0.05) is 0 Å². The first-order valence-electron chi connectivity index (χ1n) is 8.30. The number of rotatable bonds is 3. The Labute approximate surface area is 152 Å². The van der Waals surface area contributed by atoms with Crippen molar-refractivity contribution >= 4 is 21.2 Å². The van der Waals surface area contributed by atoms with E-state index in [9.17, 15) is 8.42 Å². The molecule has 3 aromatic rings. The Hall–Kier alpha value is -2.36. The van der Waals surface area contributed by atoms with Gasteiger partial charge in [-0.05, 0) is 17.7 Å². The van der Waals surface area contributed by atoms with Crippen LogP contribution in [0.15, 0.2) is 30.7 Å². The van der Waals surface area contributed by atoms with Crippen molar-refractivity contribution in [2.45, 2.75) is 13.0 Å². The van der Waals surface area contributed by atoms with Gasteiger partial charge in [-0.3, -0.25) is 4.68 Å². The third kappa shape index (κ3) is 2.87. The molecule has 0 amide bonds. The molecule has 136 valence electrons. The number of aryl methyl sites for hydroxylation is 1. The van der Waals surface area contributed by atoms with E-state index >= 15 is 0 Å². The molecule has 0 atom stereocenters. The summed E-state index contributed by atoms with van der Waals surface area (Å²) in [5.41, 5.74) is 4.47. The zero-order valence-electron chi connectivity index (χ0n) is 14.9. The molecule has 0 aliphatic carbocycles. The van der Waals surface area contributed by atoms with Crippen LogP contribution in [0.5, 0.6) is 0 Å². The van der Waals surface area contributed by atoms with Crippen LogP contribution >= 0.6 is 0 Å². The van der Waals surface area contributed by atoms with E-state index in [0.717, 1.165) is 27.8 Å². The average Bonchev–Trinajstić information content (AvgIpc) is 3.05. The molecule has 4 heterocycles. The van der Waals surface area contributed by atoms with Crippen LogP contribution in [-0.4, -0.2) is 57.4 Å². The minimum absolute atomic E-state index is 0.329. The van der Waals surface area contributed by atoms with Crippen molar-refractivity contribution in [1.29, 1.82) is 0 Å². The highest BCUT2D eigenvalue weighted by atomic mass is 32.2. The van der Waals surface area contributed by atoms with Crippen molar-refractivity contribution in [3.63, 3.8) is 0 Å². The van der Waals surface area contributed by atoms with E-state index in [2.05, 4.69) is 15.1 Å². The van der Waals surface area contributed by atoms with Gasteiger partial charge < -0.3 is 0 Å². The van der Waals surface area contributed by atoms with Gasteiger partial charge in [-0.2, -0.15) is 22.1 Å². The van der Waals surface area contributed by atoms with Crippen LogP contribution in [0, 0.1) is 0 Å². The summed E-state index contributed by atoms with van der Waals surface area (Å²) in [5, 5.41) is 5.09. The molecule has 0 saturated heterocycles. The second-order valence-electron chi connectivity index (χ2n) is 6.64. The molecule has 0 unspecified atom stereocenters. The van der Waals surface area contributed by atoms with Gasteiger partial charge in [0.15, 0.2) is 5.65 Å². The van der Waals surface area contributed by atoms with E-state index in [1.54, 1.807) is 31.2 Å². The number of nitrogens with zero attached hydrogens (tertiary/aromatic N) is 6. The molecule has 9 heteroatoms. The number of hydrogen-bond donors (Lipinski definition) is 0. The van der Waals surface area contributed by atoms with Crippen molar-refractivity contribution in [3.8, 4) is 11.1 Å². The molecule has 4 rings (SSSR count). The second kappa shape index (κ2) is 6.11. The van der Waals surface area contributed by atoms with Gasteiger partial charge in [-0.25, -0.2) is 9.97 Å². The fraction of sp³-hybridized carbons (Fsp3) is 0.353. The molecular weight excluding hydrogens is 352 g/mol. The average molecular weight is 372 g/mol. The fourth-order valence-electron chi connectivity index (χ4n) is 3.15. The summed E-state index contributed by atoms with van der Waals surface area (Å²) in [5.74, 6) is 0. The standard InChI is InChI=1S/C17H20N6O2S/c1-21(2)26(24,25)23-5-4-16-14(11-23)7-12-6-13(8-18-17(12)20-16)15-9-19-22(3)10-15/h6-10H,4-5,11H2,1-3H3. The molecule has 26 heavy (non-hydrogen) atoms. The predicted molar refractivity (Wildman–Crippen MR) is 98.5 cm³/mol. The van der Waals surface area contributed by atoms with Crippen molar-refractivity contribution < 1.29 is 8.42 Å². The van der Waals surface area contributed by atoms with Crippen molar-refractivity contribution in [1.82, 2.24) is 28.4 Å². The first-order valence-corrected chi connectivity index (χ1v) is 9.69. The summed E-state index contributed by atoms with van der Waals surface area (Å²) in [6.45, 7) is 0.760. The van der Waals surface area contributed by atoms with E-state index in [-0.39, 0.29) is 0 Å². The Morgan fingerprint density at radius 2 is 1.96 bits per heavy atom. The lowest BCUT2D eigenvalue weighted by Gasteiger charge is -2.29. The summed E-state index contributed by atoms with van der Waals surface area (Å²) >= 11 is 0. The Balaban J connectivity index is 1.74. The Bertz CT molecular complexity index is 1090. The predicted octanol–water partition coefficient (Wildman–Crippen LogP) is 1.19. The van der Waals surface area contributed by atoms with Gasteiger partial charge in [0, 0.05) is 75.3 Å². The van der Waals surface area contributed by atoms with E-state index in [4.69, 9.17) is 0 Å².